The second-order valence-electron chi connectivity index (χ2n) is 7.72. The van der Waals surface area contributed by atoms with Gasteiger partial charge in [-0.15, -0.1) is 0 Å². The van der Waals surface area contributed by atoms with Gasteiger partial charge in [-0.25, -0.2) is 4.98 Å². The summed E-state index contributed by atoms with van der Waals surface area (Å²) in [4.78, 5) is 32.8. The van der Waals surface area contributed by atoms with Crippen LogP contribution in [0.3, 0.4) is 0 Å². The van der Waals surface area contributed by atoms with E-state index in [2.05, 4.69) is 25.9 Å². The highest BCUT2D eigenvalue weighted by atomic mass is 35.5. The third kappa shape index (κ3) is 6.79. The minimum absolute atomic E-state index is 0.0786. The number of carbonyl (C=O) groups is 2. The van der Waals surface area contributed by atoms with Crippen LogP contribution in [0.15, 0.2) is 42.6 Å². The van der Waals surface area contributed by atoms with Crippen LogP contribution in [-0.2, 0) is 15.8 Å². The topological polar surface area (TPSA) is 108 Å². The summed E-state index contributed by atoms with van der Waals surface area (Å²) in [7, 11) is 1.47. The Labute approximate surface area is 216 Å². The molecule has 2 amide bonds. The zero-order chi connectivity index (χ0) is 27.3. The predicted octanol–water partition coefficient (Wildman–Crippen LogP) is 5.98. The highest BCUT2D eigenvalue weighted by Crippen LogP contribution is 2.39. The normalized spacial score (nSPS) is 11.0. The molecule has 0 spiro atoms. The Hall–Kier alpha value is -4.06. The van der Waals surface area contributed by atoms with Crippen molar-refractivity contribution in [2.24, 2.45) is 0 Å². The lowest BCUT2D eigenvalue weighted by atomic mass is 10.1. The Morgan fingerprint density at radius 3 is 2.35 bits per heavy atom. The molecule has 3 rings (SSSR count). The largest absolute Gasteiger partial charge is 0.497 e. The summed E-state index contributed by atoms with van der Waals surface area (Å²) in [6.07, 6.45) is -3.50. The number of amides is 2. The first-order valence-electron chi connectivity index (χ1n) is 10.9. The van der Waals surface area contributed by atoms with Crippen LogP contribution in [0, 0.1) is 0 Å². The van der Waals surface area contributed by atoms with E-state index in [-0.39, 0.29) is 46.5 Å². The molecule has 37 heavy (non-hydrogen) atoms. The number of benzene rings is 2. The number of aromatic nitrogens is 2. The predicted molar refractivity (Wildman–Crippen MR) is 136 cm³/mol. The van der Waals surface area contributed by atoms with Gasteiger partial charge in [0.15, 0.2) is 5.82 Å². The van der Waals surface area contributed by atoms with E-state index >= 15 is 0 Å². The van der Waals surface area contributed by atoms with Crippen molar-refractivity contribution in [3.63, 3.8) is 0 Å². The Balaban J connectivity index is 1.97. The average molecular weight is 537 g/mol. The van der Waals surface area contributed by atoms with Crippen LogP contribution in [0.2, 0.25) is 5.02 Å². The number of anilines is 6. The van der Waals surface area contributed by atoms with E-state index in [1.165, 1.54) is 44.2 Å². The molecule has 0 saturated carbocycles. The monoisotopic (exact) mass is 536 g/mol. The molecule has 1 heterocycles. The van der Waals surface area contributed by atoms with Crippen molar-refractivity contribution in [2.75, 3.05) is 34.5 Å². The van der Waals surface area contributed by atoms with E-state index in [0.29, 0.717) is 17.1 Å². The molecule has 0 atom stereocenters. The molecule has 0 aliphatic heterocycles. The number of hydrogen-bond acceptors (Lipinski definition) is 7. The number of carbonyl (C=O) groups excluding carboxylic acids is 2. The van der Waals surface area contributed by atoms with Crippen molar-refractivity contribution in [2.45, 2.75) is 26.9 Å². The number of nitrogens with one attached hydrogen (secondary N) is 3. The van der Waals surface area contributed by atoms with Crippen LogP contribution < -0.4 is 25.6 Å². The van der Waals surface area contributed by atoms with Gasteiger partial charge in [-0.2, -0.15) is 18.2 Å². The number of nitrogens with zero attached hydrogens (tertiary/aromatic N) is 3. The highest BCUT2D eigenvalue weighted by Gasteiger charge is 2.34. The number of hydrogen-bond donors (Lipinski definition) is 3. The summed E-state index contributed by atoms with van der Waals surface area (Å²) >= 11 is 6.23. The van der Waals surface area contributed by atoms with Gasteiger partial charge in [-0.1, -0.05) is 11.6 Å². The van der Waals surface area contributed by atoms with Gasteiger partial charge in [0.05, 0.1) is 35.9 Å². The molecular weight excluding hydrogens is 513 g/mol. The van der Waals surface area contributed by atoms with E-state index in [1.54, 1.807) is 25.1 Å². The van der Waals surface area contributed by atoms with Gasteiger partial charge in [0.2, 0.25) is 17.8 Å². The second kappa shape index (κ2) is 11.3. The minimum atomic E-state index is -4.72. The molecule has 2 aromatic carbocycles. The van der Waals surface area contributed by atoms with E-state index in [1.807, 2.05) is 0 Å². The van der Waals surface area contributed by atoms with Crippen LogP contribution in [0.25, 0.3) is 0 Å². The summed E-state index contributed by atoms with van der Waals surface area (Å²) in [5, 5.41) is 8.27. The lowest BCUT2D eigenvalue weighted by Gasteiger charge is -2.22. The second-order valence-corrected chi connectivity index (χ2v) is 8.13. The lowest BCUT2D eigenvalue weighted by molar-refractivity contribution is -0.137. The molecule has 9 nitrogen and oxygen atoms in total. The molecule has 0 aliphatic carbocycles. The summed E-state index contributed by atoms with van der Waals surface area (Å²) in [5.74, 6) is -0.319. The maximum atomic E-state index is 13.9. The summed E-state index contributed by atoms with van der Waals surface area (Å²) < 4.78 is 46.8. The van der Waals surface area contributed by atoms with E-state index in [0.717, 1.165) is 6.07 Å². The SMILES string of the molecule is CCN(C(C)=O)c1ccc(Nc2ncc(Cl)c(Nc3ccc(OC)cc3NC(C)=O)n2)c(C(F)(F)F)c1. The van der Waals surface area contributed by atoms with Crippen LogP contribution in [0.4, 0.5) is 47.7 Å². The van der Waals surface area contributed by atoms with Crippen LogP contribution in [0.1, 0.15) is 26.3 Å². The average Bonchev–Trinajstić information content (AvgIpc) is 2.82. The quantitative estimate of drug-likeness (QED) is 0.325. The maximum absolute atomic E-state index is 13.9. The summed E-state index contributed by atoms with van der Waals surface area (Å²) in [6, 6.07) is 8.32. The van der Waals surface area contributed by atoms with Gasteiger partial charge in [0.25, 0.3) is 0 Å². The van der Waals surface area contributed by atoms with E-state index in [4.69, 9.17) is 16.3 Å². The van der Waals surface area contributed by atoms with Gasteiger partial charge in [-0.05, 0) is 37.3 Å². The molecule has 0 bridgehead atoms. The smallest absolute Gasteiger partial charge is 0.418 e. The van der Waals surface area contributed by atoms with Crippen molar-refractivity contribution in [3.8, 4) is 5.75 Å². The Bertz CT molecular complexity index is 1320. The van der Waals surface area contributed by atoms with E-state index in [9.17, 15) is 22.8 Å². The third-order valence-corrected chi connectivity index (χ3v) is 5.37. The van der Waals surface area contributed by atoms with Crippen LogP contribution >= 0.6 is 11.6 Å². The number of halogens is 4. The first-order valence-corrected chi connectivity index (χ1v) is 11.3. The number of rotatable bonds is 8. The molecule has 0 radical (unpaired) electrons. The van der Waals surface area contributed by atoms with Crippen LogP contribution in [-0.4, -0.2) is 35.4 Å². The highest BCUT2D eigenvalue weighted by molar-refractivity contribution is 6.33. The molecule has 0 saturated heterocycles. The first-order chi connectivity index (χ1) is 17.4. The zero-order valence-corrected chi connectivity index (χ0v) is 21.1. The maximum Gasteiger partial charge on any atom is 0.418 e. The molecule has 3 N–H and O–H groups in total. The van der Waals surface area contributed by atoms with Gasteiger partial charge in [0.1, 0.15) is 10.8 Å². The first kappa shape index (κ1) is 27.5. The molecule has 0 unspecified atom stereocenters. The van der Waals surface area contributed by atoms with Gasteiger partial charge >= 0.3 is 6.18 Å². The molecule has 13 heteroatoms. The molecule has 0 aliphatic rings. The van der Waals surface area contributed by atoms with Crippen molar-refractivity contribution in [1.29, 1.82) is 0 Å². The fourth-order valence-corrected chi connectivity index (χ4v) is 3.58. The zero-order valence-electron chi connectivity index (χ0n) is 20.3. The Morgan fingerprint density at radius 2 is 1.76 bits per heavy atom. The summed E-state index contributed by atoms with van der Waals surface area (Å²) in [6.45, 7) is 4.49. The fourth-order valence-electron chi connectivity index (χ4n) is 3.45. The fraction of sp³-hybridized carbons (Fsp3) is 0.250. The van der Waals surface area contributed by atoms with Crippen molar-refractivity contribution < 1.29 is 27.5 Å². The number of ether oxygens (including phenoxy) is 1. The van der Waals surface area contributed by atoms with Crippen molar-refractivity contribution in [1.82, 2.24) is 9.97 Å². The number of methoxy groups -OCH3 is 1. The molecule has 196 valence electrons. The lowest BCUT2D eigenvalue weighted by Crippen LogP contribution is -2.28. The van der Waals surface area contributed by atoms with Gasteiger partial charge < -0.3 is 25.6 Å². The van der Waals surface area contributed by atoms with E-state index < -0.39 is 11.7 Å². The van der Waals surface area contributed by atoms with Crippen molar-refractivity contribution in [3.05, 3.63) is 53.2 Å². The molecule has 1 aromatic heterocycles. The van der Waals surface area contributed by atoms with Crippen LogP contribution in [0.5, 0.6) is 5.75 Å². The molecular formula is C24H24ClF3N6O3. The molecule has 3 aromatic rings. The Kier molecular flexibility index (Phi) is 8.43. The van der Waals surface area contributed by atoms with Gasteiger partial charge in [0, 0.05) is 32.1 Å². The molecule has 0 fully saturated rings. The third-order valence-electron chi connectivity index (χ3n) is 5.10. The number of alkyl halides is 3. The Morgan fingerprint density at radius 1 is 1.05 bits per heavy atom. The standard InChI is InChI=1S/C24H24ClF3N6O3/c1-5-34(14(3)36)15-6-8-19(17(10-15)24(26,27)28)32-23-29-12-18(25)22(33-23)31-20-9-7-16(37-4)11-21(20)30-13(2)35/h6-12H,5H2,1-4H3,(H,30,35)(H2,29,31,32,33). The minimum Gasteiger partial charge on any atom is -0.497 e. The summed E-state index contributed by atoms with van der Waals surface area (Å²) in [5.41, 5.74) is -0.422. The van der Waals surface area contributed by atoms with Gasteiger partial charge in [-0.3, -0.25) is 9.59 Å². The van der Waals surface area contributed by atoms with Crippen molar-refractivity contribution >= 4 is 57.9 Å².